The van der Waals surface area contributed by atoms with Crippen LogP contribution in [-0.4, -0.2) is 15.5 Å². The maximum atomic E-state index is 13.6. The highest BCUT2D eigenvalue weighted by molar-refractivity contribution is 5.93. The van der Waals surface area contributed by atoms with Gasteiger partial charge in [0.15, 0.2) is 0 Å². The summed E-state index contributed by atoms with van der Waals surface area (Å²) >= 11 is 0. The van der Waals surface area contributed by atoms with Gasteiger partial charge in [0.05, 0.1) is 22.9 Å². The minimum Gasteiger partial charge on any atom is -0.322 e. The van der Waals surface area contributed by atoms with Crippen molar-refractivity contribution in [1.82, 2.24) is 9.55 Å². The van der Waals surface area contributed by atoms with E-state index in [4.69, 9.17) is 0 Å². The van der Waals surface area contributed by atoms with Gasteiger partial charge >= 0.3 is 0 Å². The molecule has 0 saturated heterocycles. The van der Waals surface area contributed by atoms with Gasteiger partial charge in [-0.15, -0.1) is 0 Å². The largest absolute Gasteiger partial charge is 0.322 e. The first-order chi connectivity index (χ1) is 11.1. The zero-order valence-corrected chi connectivity index (χ0v) is 12.4. The molecule has 6 heteroatoms. The molecule has 0 spiro atoms. The highest BCUT2D eigenvalue weighted by Crippen LogP contribution is 2.15. The Balaban J connectivity index is 1.92. The molecule has 5 nitrogen and oxygen atoms in total. The van der Waals surface area contributed by atoms with Gasteiger partial charge in [-0.05, 0) is 31.2 Å². The third-order valence-corrected chi connectivity index (χ3v) is 3.62. The van der Waals surface area contributed by atoms with E-state index < -0.39 is 17.8 Å². The van der Waals surface area contributed by atoms with Crippen molar-refractivity contribution in [2.45, 2.75) is 13.0 Å². The van der Waals surface area contributed by atoms with Crippen molar-refractivity contribution in [1.29, 1.82) is 0 Å². The minimum absolute atomic E-state index is 0.0751. The van der Waals surface area contributed by atoms with Crippen LogP contribution >= 0.6 is 0 Å². The number of para-hydroxylation sites is 2. The lowest BCUT2D eigenvalue weighted by molar-refractivity contribution is -0.118. The maximum absolute atomic E-state index is 13.6. The maximum Gasteiger partial charge on any atom is 0.261 e. The number of carbonyl (C=O) groups excluding carboxylic acids is 1. The monoisotopic (exact) mass is 311 g/mol. The molecule has 0 fully saturated rings. The number of hydrogen-bond donors (Lipinski definition) is 1. The van der Waals surface area contributed by atoms with Gasteiger partial charge in [0.1, 0.15) is 11.9 Å². The fourth-order valence-electron chi connectivity index (χ4n) is 2.28. The second-order valence-electron chi connectivity index (χ2n) is 5.12. The van der Waals surface area contributed by atoms with Crippen molar-refractivity contribution < 1.29 is 9.18 Å². The molecule has 0 aliphatic carbocycles. The zero-order chi connectivity index (χ0) is 16.4. The highest BCUT2D eigenvalue weighted by atomic mass is 19.1. The topological polar surface area (TPSA) is 64.0 Å². The summed E-state index contributed by atoms with van der Waals surface area (Å²) < 4.78 is 14.8. The summed E-state index contributed by atoms with van der Waals surface area (Å²) in [5.74, 6) is -1.02. The Kier molecular flexibility index (Phi) is 3.89. The normalized spacial score (nSPS) is 12.1. The van der Waals surface area contributed by atoms with Crippen molar-refractivity contribution in [2.24, 2.45) is 0 Å². The summed E-state index contributed by atoms with van der Waals surface area (Å²) in [4.78, 5) is 28.9. The predicted molar refractivity (Wildman–Crippen MR) is 85.7 cm³/mol. The molecule has 1 atom stereocenters. The number of halogens is 1. The van der Waals surface area contributed by atoms with Gasteiger partial charge in [0.2, 0.25) is 5.91 Å². The van der Waals surface area contributed by atoms with Crippen LogP contribution < -0.4 is 10.9 Å². The van der Waals surface area contributed by atoms with Gasteiger partial charge in [0, 0.05) is 0 Å². The van der Waals surface area contributed by atoms with E-state index >= 15 is 0 Å². The Labute approximate surface area is 131 Å². The molecule has 2 aromatic carbocycles. The summed E-state index contributed by atoms with van der Waals surface area (Å²) in [7, 11) is 0. The van der Waals surface area contributed by atoms with Crippen molar-refractivity contribution in [3.05, 3.63) is 71.0 Å². The SMILES string of the molecule is CC(C(=O)Nc1ccccc1F)n1cnc2ccccc2c1=O. The quantitative estimate of drug-likeness (QED) is 0.809. The second-order valence-corrected chi connectivity index (χ2v) is 5.12. The molecule has 1 N–H and O–H groups in total. The molecule has 0 saturated carbocycles. The van der Waals surface area contributed by atoms with E-state index in [9.17, 15) is 14.0 Å². The van der Waals surface area contributed by atoms with E-state index in [1.807, 2.05) is 0 Å². The number of anilines is 1. The highest BCUT2D eigenvalue weighted by Gasteiger charge is 2.18. The Morgan fingerprint density at radius 2 is 1.87 bits per heavy atom. The van der Waals surface area contributed by atoms with Crippen molar-refractivity contribution in [3.63, 3.8) is 0 Å². The van der Waals surface area contributed by atoms with Crippen LogP contribution in [0.2, 0.25) is 0 Å². The molecule has 1 heterocycles. The third kappa shape index (κ3) is 2.83. The number of nitrogens with one attached hydrogen (secondary N) is 1. The lowest BCUT2D eigenvalue weighted by Crippen LogP contribution is -2.32. The van der Waals surface area contributed by atoms with E-state index in [0.29, 0.717) is 10.9 Å². The number of amides is 1. The number of carbonyl (C=O) groups is 1. The average molecular weight is 311 g/mol. The predicted octanol–water partition coefficient (Wildman–Crippen LogP) is 2.74. The first kappa shape index (κ1) is 14.9. The number of benzene rings is 2. The Bertz CT molecular complexity index is 936. The fraction of sp³-hybridized carbons (Fsp3) is 0.118. The van der Waals surface area contributed by atoms with Gasteiger partial charge in [-0.2, -0.15) is 0 Å². The van der Waals surface area contributed by atoms with Gasteiger partial charge in [-0.3, -0.25) is 14.2 Å². The molecule has 116 valence electrons. The first-order valence-electron chi connectivity index (χ1n) is 7.09. The van der Waals surface area contributed by atoms with E-state index in [-0.39, 0.29) is 11.2 Å². The van der Waals surface area contributed by atoms with Gasteiger partial charge in [-0.25, -0.2) is 9.37 Å². The summed E-state index contributed by atoms with van der Waals surface area (Å²) in [6.45, 7) is 1.56. The lowest BCUT2D eigenvalue weighted by Gasteiger charge is -2.15. The molecular weight excluding hydrogens is 297 g/mol. The molecule has 0 aliphatic rings. The summed E-state index contributed by atoms with van der Waals surface area (Å²) in [5.41, 5.74) is 0.327. The van der Waals surface area contributed by atoms with Crippen molar-refractivity contribution in [2.75, 3.05) is 5.32 Å². The van der Waals surface area contributed by atoms with Crippen LogP contribution in [0.1, 0.15) is 13.0 Å². The Hall–Kier alpha value is -3.02. The molecule has 1 aromatic heterocycles. The molecule has 0 bridgehead atoms. The van der Waals surface area contributed by atoms with E-state index in [0.717, 1.165) is 0 Å². The summed E-state index contributed by atoms with van der Waals surface area (Å²) in [5, 5.41) is 2.91. The van der Waals surface area contributed by atoms with Gasteiger partial charge in [-0.1, -0.05) is 24.3 Å². The minimum atomic E-state index is -0.820. The van der Waals surface area contributed by atoms with Crippen LogP contribution in [0, 0.1) is 5.82 Å². The molecule has 1 amide bonds. The first-order valence-corrected chi connectivity index (χ1v) is 7.09. The van der Waals surface area contributed by atoms with Gasteiger partial charge < -0.3 is 5.32 Å². The molecule has 23 heavy (non-hydrogen) atoms. The van der Waals surface area contributed by atoms with Crippen LogP contribution in [0.25, 0.3) is 10.9 Å². The Morgan fingerprint density at radius 1 is 1.17 bits per heavy atom. The average Bonchev–Trinajstić information content (AvgIpc) is 2.57. The number of nitrogens with zero attached hydrogens (tertiary/aromatic N) is 2. The smallest absolute Gasteiger partial charge is 0.261 e. The lowest BCUT2D eigenvalue weighted by atomic mass is 10.2. The summed E-state index contributed by atoms with van der Waals surface area (Å²) in [6.07, 6.45) is 1.33. The van der Waals surface area contributed by atoms with Crippen LogP contribution in [0.3, 0.4) is 0 Å². The number of hydrogen-bond acceptors (Lipinski definition) is 3. The van der Waals surface area contributed by atoms with Crippen LogP contribution in [0.5, 0.6) is 0 Å². The molecule has 3 aromatic rings. The summed E-state index contributed by atoms with van der Waals surface area (Å²) in [6, 6.07) is 11.9. The number of rotatable bonds is 3. The number of aromatic nitrogens is 2. The van der Waals surface area contributed by atoms with Crippen molar-refractivity contribution >= 4 is 22.5 Å². The van der Waals surface area contributed by atoms with Crippen LogP contribution in [0.4, 0.5) is 10.1 Å². The van der Waals surface area contributed by atoms with Crippen LogP contribution in [0.15, 0.2) is 59.7 Å². The van der Waals surface area contributed by atoms with E-state index in [1.54, 1.807) is 37.3 Å². The third-order valence-electron chi connectivity index (χ3n) is 3.62. The Morgan fingerprint density at radius 3 is 2.65 bits per heavy atom. The fourth-order valence-corrected chi connectivity index (χ4v) is 2.28. The van der Waals surface area contributed by atoms with Gasteiger partial charge in [0.25, 0.3) is 5.56 Å². The molecule has 3 rings (SSSR count). The van der Waals surface area contributed by atoms with E-state index in [1.165, 1.54) is 29.1 Å². The second kappa shape index (κ2) is 6.00. The van der Waals surface area contributed by atoms with Crippen LogP contribution in [-0.2, 0) is 4.79 Å². The van der Waals surface area contributed by atoms with Crippen molar-refractivity contribution in [3.8, 4) is 0 Å². The number of fused-ring (bicyclic) bond motifs is 1. The molecule has 1 unspecified atom stereocenters. The molecule has 0 aliphatic heterocycles. The van der Waals surface area contributed by atoms with E-state index in [2.05, 4.69) is 10.3 Å². The standard InChI is InChI=1S/C17H14FN3O2/c1-11(16(22)20-15-9-5-3-7-13(15)18)21-10-19-14-8-4-2-6-12(14)17(21)23/h2-11H,1H3,(H,20,22). The molecule has 0 radical (unpaired) electrons. The molecular formula is C17H14FN3O2. The zero-order valence-electron chi connectivity index (χ0n) is 12.4.